The second-order valence-electron chi connectivity index (χ2n) is 3.45. The molecule has 0 radical (unpaired) electrons. The summed E-state index contributed by atoms with van der Waals surface area (Å²) in [5, 5.41) is 13.9. The molecule has 18 heavy (non-hydrogen) atoms. The Morgan fingerprint density at radius 3 is 2.56 bits per heavy atom. The number of phenolic OH excluding ortho intramolecular Hbond substituents is 1. The Bertz CT molecular complexity index is 550. The van der Waals surface area contributed by atoms with Crippen LogP contribution in [0.5, 0.6) is 5.75 Å². The minimum atomic E-state index is 0.211. The zero-order chi connectivity index (χ0) is 13.0. The molecule has 2 N–H and O–H groups in total. The summed E-state index contributed by atoms with van der Waals surface area (Å²) in [5.74, 6) is 0.672. The molecule has 1 aromatic carbocycles. The van der Waals surface area contributed by atoms with Gasteiger partial charge in [-0.05, 0) is 35.9 Å². The summed E-state index contributed by atoms with van der Waals surface area (Å²) in [4.78, 5) is 4.00. The number of hydrogen-bond acceptors (Lipinski definition) is 4. The van der Waals surface area contributed by atoms with Gasteiger partial charge in [-0.15, -0.1) is 0 Å². The lowest BCUT2D eigenvalue weighted by Gasteiger charge is -2.00. The van der Waals surface area contributed by atoms with Crippen molar-refractivity contribution in [1.29, 1.82) is 0 Å². The number of aromatic nitrogens is 1. The van der Waals surface area contributed by atoms with Crippen LogP contribution in [0.15, 0.2) is 41.5 Å². The van der Waals surface area contributed by atoms with Gasteiger partial charge in [0.25, 0.3) is 0 Å². The molecule has 92 valence electrons. The van der Waals surface area contributed by atoms with E-state index in [-0.39, 0.29) is 5.75 Å². The van der Waals surface area contributed by atoms with Crippen LogP contribution in [-0.4, -0.2) is 16.3 Å². The van der Waals surface area contributed by atoms with Crippen molar-refractivity contribution in [3.63, 3.8) is 0 Å². The average Bonchev–Trinajstić information content (AvgIpc) is 2.30. The first-order chi connectivity index (χ1) is 8.63. The summed E-state index contributed by atoms with van der Waals surface area (Å²) in [6.45, 7) is 0. The molecule has 0 amide bonds. The summed E-state index contributed by atoms with van der Waals surface area (Å²) in [7, 11) is 0. The fourth-order valence-electron chi connectivity index (χ4n) is 1.26. The van der Waals surface area contributed by atoms with Gasteiger partial charge in [-0.3, -0.25) is 5.43 Å². The van der Waals surface area contributed by atoms with Crippen LogP contribution in [0.1, 0.15) is 5.56 Å². The van der Waals surface area contributed by atoms with Crippen molar-refractivity contribution in [2.24, 2.45) is 5.10 Å². The number of benzene rings is 1. The quantitative estimate of drug-likeness (QED) is 0.514. The summed E-state index contributed by atoms with van der Waals surface area (Å²) in [6, 6.07) is 9.78. The van der Waals surface area contributed by atoms with Crippen LogP contribution in [0.4, 0.5) is 5.82 Å². The highest BCUT2D eigenvalue weighted by molar-refractivity contribution is 6.34. The number of hydrogen-bond donors (Lipinski definition) is 2. The maximum absolute atomic E-state index is 9.12. The van der Waals surface area contributed by atoms with Gasteiger partial charge in [0, 0.05) is 11.1 Å². The van der Waals surface area contributed by atoms with Crippen LogP contribution in [-0.2, 0) is 0 Å². The van der Waals surface area contributed by atoms with Gasteiger partial charge < -0.3 is 5.11 Å². The molecule has 0 atom stereocenters. The van der Waals surface area contributed by atoms with Gasteiger partial charge in [0.05, 0.1) is 6.21 Å². The van der Waals surface area contributed by atoms with Gasteiger partial charge in [-0.1, -0.05) is 23.2 Å². The average molecular weight is 282 g/mol. The van der Waals surface area contributed by atoms with Gasteiger partial charge in [-0.25, -0.2) is 4.98 Å². The lowest BCUT2D eigenvalue weighted by atomic mass is 10.2. The second-order valence-corrected chi connectivity index (χ2v) is 4.28. The molecular weight excluding hydrogens is 273 g/mol. The fourth-order valence-corrected chi connectivity index (χ4v) is 1.73. The van der Waals surface area contributed by atoms with Crippen LogP contribution in [0.3, 0.4) is 0 Å². The number of halogens is 2. The Morgan fingerprint density at radius 2 is 1.89 bits per heavy atom. The molecular formula is C12H9Cl2N3O. The first kappa shape index (κ1) is 12.7. The topological polar surface area (TPSA) is 57.5 Å². The maximum Gasteiger partial charge on any atom is 0.149 e. The number of hydrazone groups is 1. The molecule has 0 fully saturated rings. The van der Waals surface area contributed by atoms with Crippen molar-refractivity contribution < 1.29 is 5.11 Å². The van der Waals surface area contributed by atoms with Crippen molar-refractivity contribution in [1.82, 2.24) is 4.98 Å². The Balaban J connectivity index is 2.04. The van der Waals surface area contributed by atoms with Crippen LogP contribution in [0, 0.1) is 0 Å². The van der Waals surface area contributed by atoms with E-state index in [1.54, 1.807) is 36.5 Å². The molecule has 1 heterocycles. The zero-order valence-corrected chi connectivity index (χ0v) is 10.7. The minimum Gasteiger partial charge on any atom is -0.508 e. The predicted octanol–water partition coefficient (Wildman–Crippen LogP) is 3.54. The smallest absolute Gasteiger partial charge is 0.149 e. The van der Waals surface area contributed by atoms with Crippen molar-refractivity contribution in [2.75, 3.05) is 5.43 Å². The highest BCUT2D eigenvalue weighted by atomic mass is 35.5. The van der Waals surface area contributed by atoms with Crippen LogP contribution >= 0.6 is 23.2 Å². The monoisotopic (exact) mass is 281 g/mol. The molecule has 0 aliphatic rings. The van der Waals surface area contributed by atoms with E-state index in [1.165, 1.54) is 6.07 Å². The highest BCUT2D eigenvalue weighted by Crippen LogP contribution is 2.18. The predicted molar refractivity (Wildman–Crippen MR) is 73.6 cm³/mol. The molecule has 0 aliphatic carbocycles. The first-order valence-corrected chi connectivity index (χ1v) is 5.80. The van der Waals surface area contributed by atoms with Gasteiger partial charge in [-0.2, -0.15) is 5.10 Å². The van der Waals surface area contributed by atoms with Crippen LogP contribution < -0.4 is 5.43 Å². The van der Waals surface area contributed by atoms with E-state index >= 15 is 0 Å². The Hall–Kier alpha value is -1.78. The fraction of sp³-hybridized carbons (Fsp3) is 0. The molecule has 0 unspecified atom stereocenters. The number of aromatic hydroxyl groups is 1. The summed E-state index contributed by atoms with van der Waals surface area (Å²) in [6.07, 6.45) is 1.59. The van der Waals surface area contributed by atoms with E-state index in [2.05, 4.69) is 15.5 Å². The van der Waals surface area contributed by atoms with Crippen molar-refractivity contribution in [3.05, 3.63) is 52.1 Å². The first-order valence-electron chi connectivity index (χ1n) is 5.05. The molecule has 0 aliphatic heterocycles. The Kier molecular flexibility index (Phi) is 4.02. The largest absolute Gasteiger partial charge is 0.508 e. The third-order valence-electron chi connectivity index (χ3n) is 2.04. The number of nitrogens with one attached hydrogen (secondary N) is 1. The van der Waals surface area contributed by atoms with E-state index in [9.17, 15) is 0 Å². The molecule has 1 aromatic heterocycles. The third kappa shape index (κ3) is 3.61. The van der Waals surface area contributed by atoms with Gasteiger partial charge in [0.2, 0.25) is 0 Å². The molecule has 0 bridgehead atoms. The highest BCUT2D eigenvalue weighted by Gasteiger charge is 1.97. The van der Waals surface area contributed by atoms with Crippen molar-refractivity contribution in [2.45, 2.75) is 0 Å². The molecule has 6 heteroatoms. The molecule has 2 rings (SSSR count). The molecule has 0 saturated heterocycles. The van der Waals surface area contributed by atoms with Crippen LogP contribution in [0.2, 0.25) is 10.2 Å². The number of rotatable bonds is 3. The SMILES string of the molecule is Oc1ccc(/C=N/Nc2cc(Cl)cc(Cl)n2)cc1. The molecule has 0 saturated carbocycles. The number of phenols is 1. The summed E-state index contributed by atoms with van der Waals surface area (Å²) in [5.41, 5.74) is 3.56. The zero-order valence-electron chi connectivity index (χ0n) is 9.14. The van der Waals surface area contributed by atoms with E-state index in [4.69, 9.17) is 28.3 Å². The van der Waals surface area contributed by atoms with E-state index in [0.29, 0.717) is 16.0 Å². The Labute approximate surface area is 114 Å². The van der Waals surface area contributed by atoms with Gasteiger partial charge in [0.1, 0.15) is 16.7 Å². The maximum atomic E-state index is 9.12. The molecule has 4 nitrogen and oxygen atoms in total. The normalized spacial score (nSPS) is 10.8. The third-order valence-corrected chi connectivity index (χ3v) is 2.46. The minimum absolute atomic E-state index is 0.211. The molecule has 0 spiro atoms. The van der Waals surface area contributed by atoms with Crippen LogP contribution in [0.25, 0.3) is 0 Å². The lowest BCUT2D eigenvalue weighted by Crippen LogP contribution is -1.93. The molecule has 2 aromatic rings. The number of nitrogens with zero attached hydrogens (tertiary/aromatic N) is 2. The Morgan fingerprint density at radius 1 is 1.17 bits per heavy atom. The second kappa shape index (κ2) is 5.71. The van der Waals surface area contributed by atoms with Crippen molar-refractivity contribution >= 4 is 35.2 Å². The van der Waals surface area contributed by atoms with Gasteiger partial charge >= 0.3 is 0 Å². The van der Waals surface area contributed by atoms with E-state index < -0.39 is 0 Å². The van der Waals surface area contributed by atoms with E-state index in [1.807, 2.05) is 0 Å². The number of anilines is 1. The number of pyridine rings is 1. The van der Waals surface area contributed by atoms with Gasteiger partial charge in [0.15, 0.2) is 0 Å². The van der Waals surface area contributed by atoms with E-state index in [0.717, 1.165) is 5.56 Å². The van der Waals surface area contributed by atoms with Crippen molar-refractivity contribution in [3.8, 4) is 5.75 Å². The summed E-state index contributed by atoms with van der Waals surface area (Å²) < 4.78 is 0. The lowest BCUT2D eigenvalue weighted by molar-refractivity contribution is 0.475. The summed E-state index contributed by atoms with van der Waals surface area (Å²) >= 11 is 11.6. The standard InChI is InChI=1S/C12H9Cl2N3O/c13-9-5-11(14)16-12(6-9)17-15-7-8-1-3-10(18)4-2-8/h1-7,18H,(H,16,17)/b15-7+.